The first-order valence-corrected chi connectivity index (χ1v) is 15.2. The van der Waals surface area contributed by atoms with Gasteiger partial charge in [-0.05, 0) is 38.8 Å². The van der Waals surface area contributed by atoms with Crippen molar-refractivity contribution < 1.29 is 31.5 Å². The number of carbonyl (C=O) groups excluding carboxylic acids is 1. The van der Waals surface area contributed by atoms with Gasteiger partial charge in [0.2, 0.25) is 5.91 Å². The maximum Gasteiger partial charge on any atom is 0.417 e. The van der Waals surface area contributed by atoms with Crippen LogP contribution in [0.1, 0.15) is 39.2 Å². The molecule has 0 spiro atoms. The topological polar surface area (TPSA) is 67.7 Å². The Balaban J connectivity index is 1.90. The van der Waals surface area contributed by atoms with Crippen LogP contribution in [0.2, 0.25) is 5.02 Å². The Hall–Kier alpha value is -2.90. The van der Waals surface area contributed by atoms with Crippen molar-refractivity contribution in [2.45, 2.75) is 63.3 Å². The van der Waals surface area contributed by atoms with E-state index in [9.17, 15) is 27.2 Å². The number of amides is 1. The Morgan fingerprint density at radius 1 is 1.07 bits per heavy atom. The number of thioether (sulfide) groups is 1. The molecule has 2 aromatic carbocycles. The van der Waals surface area contributed by atoms with Gasteiger partial charge in [-0.25, -0.2) is 13.6 Å². The normalized spacial score (nSPS) is 20.3. The predicted molar refractivity (Wildman–Crippen MR) is 156 cm³/mol. The van der Waals surface area contributed by atoms with Crippen LogP contribution in [0.25, 0.3) is 22.0 Å². The van der Waals surface area contributed by atoms with E-state index >= 15 is 4.39 Å². The van der Waals surface area contributed by atoms with Crippen LogP contribution in [0.3, 0.4) is 0 Å². The number of hydrogen-bond acceptors (Lipinski definition) is 6. The molecule has 14 heteroatoms. The molecule has 0 saturated carbocycles. The molecule has 7 nitrogen and oxygen atoms in total. The van der Waals surface area contributed by atoms with E-state index in [1.807, 2.05) is 13.8 Å². The molecule has 2 atom stereocenters. The molecule has 2 aliphatic heterocycles. The van der Waals surface area contributed by atoms with Gasteiger partial charge in [-0.1, -0.05) is 11.6 Å². The van der Waals surface area contributed by atoms with Crippen LogP contribution in [0.15, 0.2) is 27.9 Å². The van der Waals surface area contributed by atoms with Crippen LogP contribution in [0, 0.1) is 11.6 Å². The van der Waals surface area contributed by atoms with Gasteiger partial charge < -0.3 is 14.5 Å². The highest BCUT2D eigenvalue weighted by molar-refractivity contribution is 7.99. The monoisotopic (exact) mass is 644 g/mol. The van der Waals surface area contributed by atoms with Gasteiger partial charge >= 0.3 is 11.9 Å². The van der Waals surface area contributed by atoms with E-state index in [-0.39, 0.29) is 59.2 Å². The molecule has 2 aliphatic rings. The second kappa shape index (κ2) is 12.2. The maximum absolute atomic E-state index is 15.3. The van der Waals surface area contributed by atoms with E-state index in [2.05, 4.69) is 4.98 Å². The van der Waals surface area contributed by atoms with E-state index in [0.29, 0.717) is 37.9 Å². The predicted octanol–water partition coefficient (Wildman–Crippen LogP) is 6.36. The minimum absolute atomic E-state index is 0.0251. The second-order valence-electron chi connectivity index (χ2n) is 10.8. The SMILES string of the molecule is CC(=O)N1C[C@H](C)N(c2nc(=O)n3c4c(c(-c5cc(Cl)c(F)cc5F)c(C(F)(F)F)cc24)SCCCOCCC3)C[C@H]1C. The molecule has 0 N–H and O–H groups in total. The number of benzene rings is 2. The van der Waals surface area contributed by atoms with Crippen molar-refractivity contribution in [3.05, 3.63) is 50.9 Å². The average Bonchev–Trinajstić information content (AvgIpc) is 2.97. The van der Waals surface area contributed by atoms with Crippen molar-refractivity contribution in [2.75, 3.05) is 37.0 Å². The third-order valence-corrected chi connectivity index (χ3v) is 9.26. The number of aromatic nitrogens is 2. The van der Waals surface area contributed by atoms with E-state index in [4.69, 9.17) is 16.3 Å². The highest BCUT2D eigenvalue weighted by Crippen LogP contribution is 2.49. The lowest BCUT2D eigenvalue weighted by Crippen LogP contribution is -2.58. The Morgan fingerprint density at radius 3 is 2.49 bits per heavy atom. The molecule has 1 fully saturated rings. The molecule has 0 aliphatic carbocycles. The number of carbonyl (C=O) groups is 1. The second-order valence-corrected chi connectivity index (χ2v) is 12.3. The smallest absolute Gasteiger partial charge is 0.381 e. The fraction of sp³-hybridized carbons (Fsp3) is 0.483. The van der Waals surface area contributed by atoms with Gasteiger partial charge in [-0.2, -0.15) is 18.2 Å². The zero-order valence-electron chi connectivity index (χ0n) is 23.7. The van der Waals surface area contributed by atoms with Gasteiger partial charge in [0.05, 0.1) is 16.1 Å². The van der Waals surface area contributed by atoms with Crippen molar-refractivity contribution in [1.29, 1.82) is 0 Å². The van der Waals surface area contributed by atoms with Crippen molar-refractivity contribution in [1.82, 2.24) is 14.5 Å². The minimum Gasteiger partial charge on any atom is -0.381 e. The van der Waals surface area contributed by atoms with Crippen molar-refractivity contribution in [2.24, 2.45) is 0 Å². The third-order valence-electron chi connectivity index (χ3n) is 7.80. The molecule has 0 unspecified atom stereocenters. The molecule has 43 heavy (non-hydrogen) atoms. The molecule has 232 valence electrons. The molecule has 3 heterocycles. The van der Waals surface area contributed by atoms with Crippen LogP contribution in [0.5, 0.6) is 0 Å². The summed E-state index contributed by atoms with van der Waals surface area (Å²) in [5.41, 5.74) is -2.70. The van der Waals surface area contributed by atoms with E-state index in [1.54, 1.807) is 9.80 Å². The standard InChI is InChI=1S/C29H30ClF5N4O3S/c1-15-14-39(16(2)13-38(15)17(3)40)27-19-10-20(29(33,34)35)24(18-11-21(30)23(32)12-22(18)31)26-25(19)37(28(41)36-27)6-4-7-42-8-5-9-43-26/h10-12,15-16H,4-9,13-14H2,1-3H3/t15-,16+/m1/s1. The maximum atomic E-state index is 15.3. The van der Waals surface area contributed by atoms with Crippen LogP contribution in [-0.4, -0.2) is 64.5 Å². The molecule has 0 radical (unpaired) electrons. The summed E-state index contributed by atoms with van der Waals surface area (Å²) in [5, 5.41) is -0.465. The van der Waals surface area contributed by atoms with Crippen LogP contribution >= 0.6 is 23.4 Å². The number of ether oxygens (including phenoxy) is 1. The number of anilines is 1. The molecule has 1 saturated heterocycles. The summed E-state index contributed by atoms with van der Waals surface area (Å²) >= 11 is 7.00. The summed E-state index contributed by atoms with van der Waals surface area (Å²) in [4.78, 5) is 33.6. The molecular formula is C29H30ClF5N4O3S. The van der Waals surface area contributed by atoms with Gasteiger partial charge in [-0.15, -0.1) is 11.8 Å². The van der Waals surface area contributed by atoms with Crippen molar-refractivity contribution in [3.8, 4) is 11.1 Å². The van der Waals surface area contributed by atoms with Gasteiger partial charge in [0, 0.05) is 85.1 Å². The fourth-order valence-corrected chi connectivity index (χ4v) is 7.14. The molecular weight excluding hydrogens is 615 g/mol. The summed E-state index contributed by atoms with van der Waals surface area (Å²) in [7, 11) is 0. The first kappa shape index (κ1) is 31.5. The summed E-state index contributed by atoms with van der Waals surface area (Å²) in [5.74, 6) is -2.10. The van der Waals surface area contributed by atoms with Gasteiger partial charge in [0.1, 0.15) is 17.5 Å². The Bertz CT molecular complexity index is 1630. The highest BCUT2D eigenvalue weighted by atomic mass is 35.5. The Kier molecular flexibility index (Phi) is 8.97. The number of alkyl halides is 3. The van der Waals surface area contributed by atoms with Gasteiger partial charge in [-0.3, -0.25) is 9.36 Å². The van der Waals surface area contributed by atoms with Crippen molar-refractivity contribution in [3.63, 3.8) is 0 Å². The lowest BCUT2D eigenvalue weighted by molar-refractivity contribution is -0.137. The van der Waals surface area contributed by atoms with E-state index in [0.717, 1.165) is 23.9 Å². The number of rotatable bonds is 2. The minimum atomic E-state index is -4.96. The molecule has 5 rings (SSSR count). The average molecular weight is 645 g/mol. The fourth-order valence-electron chi connectivity index (χ4n) is 5.79. The quantitative estimate of drug-likeness (QED) is 0.239. The highest BCUT2D eigenvalue weighted by Gasteiger charge is 2.39. The summed E-state index contributed by atoms with van der Waals surface area (Å²) in [6.45, 7) is 6.37. The lowest BCUT2D eigenvalue weighted by atomic mass is 9.95. The van der Waals surface area contributed by atoms with Crippen LogP contribution in [0.4, 0.5) is 27.8 Å². The van der Waals surface area contributed by atoms with E-state index in [1.165, 1.54) is 11.5 Å². The third kappa shape index (κ3) is 6.08. The van der Waals surface area contributed by atoms with Gasteiger partial charge in [0.25, 0.3) is 0 Å². The number of hydrogen-bond donors (Lipinski definition) is 0. The van der Waals surface area contributed by atoms with Crippen LogP contribution in [-0.2, 0) is 22.3 Å². The largest absolute Gasteiger partial charge is 0.417 e. The van der Waals surface area contributed by atoms with Gasteiger partial charge in [0.15, 0.2) is 0 Å². The Labute approximate surface area is 253 Å². The molecule has 3 aromatic rings. The summed E-state index contributed by atoms with van der Waals surface area (Å²) < 4.78 is 81.2. The zero-order chi connectivity index (χ0) is 31.2. The number of halogens is 6. The lowest BCUT2D eigenvalue weighted by Gasteiger charge is -2.44. The molecule has 1 amide bonds. The molecule has 1 aromatic heterocycles. The number of aryl methyl sites for hydroxylation is 1. The summed E-state index contributed by atoms with van der Waals surface area (Å²) in [6.07, 6.45) is -4.09. The number of nitrogens with zero attached hydrogens (tertiary/aromatic N) is 4. The molecule has 0 bridgehead atoms. The first-order chi connectivity index (χ1) is 20.3. The van der Waals surface area contributed by atoms with Crippen LogP contribution < -0.4 is 10.6 Å². The first-order valence-electron chi connectivity index (χ1n) is 13.9. The number of piperazine rings is 1. The Morgan fingerprint density at radius 2 is 1.79 bits per heavy atom. The summed E-state index contributed by atoms with van der Waals surface area (Å²) in [6, 6.07) is 1.53. The van der Waals surface area contributed by atoms with E-state index < -0.39 is 45.2 Å². The zero-order valence-corrected chi connectivity index (χ0v) is 25.3. The van der Waals surface area contributed by atoms with Crippen molar-refractivity contribution >= 4 is 46.0 Å².